The van der Waals surface area contributed by atoms with E-state index >= 15 is 0 Å². The van der Waals surface area contributed by atoms with E-state index < -0.39 is 0 Å². The first-order chi connectivity index (χ1) is 7.61. The Kier molecular flexibility index (Phi) is 3.38. The van der Waals surface area contributed by atoms with Gasteiger partial charge in [-0.2, -0.15) is 0 Å². The van der Waals surface area contributed by atoms with Crippen LogP contribution in [0.3, 0.4) is 0 Å². The Morgan fingerprint density at radius 3 is 3.00 bits per heavy atom. The van der Waals surface area contributed by atoms with Gasteiger partial charge in [-0.3, -0.25) is 0 Å². The first kappa shape index (κ1) is 11.7. The second-order valence-corrected chi connectivity index (χ2v) is 5.43. The lowest BCUT2D eigenvalue weighted by molar-refractivity contribution is 0.0469. The molecule has 1 N–H and O–H groups in total. The number of nitrogens with one attached hydrogen (secondary N) is 1. The SMILES string of the molecule is CC(C)CN1CC2(CCCNCC2)OC1=O. The molecule has 92 valence electrons. The van der Waals surface area contributed by atoms with Gasteiger partial charge in [-0.15, -0.1) is 0 Å². The number of hydrogen-bond acceptors (Lipinski definition) is 3. The van der Waals surface area contributed by atoms with Crippen molar-refractivity contribution in [3.05, 3.63) is 0 Å². The fraction of sp³-hybridized carbons (Fsp3) is 0.917. The lowest BCUT2D eigenvalue weighted by atomic mass is 9.95. The number of ether oxygens (including phenoxy) is 1. The Morgan fingerprint density at radius 1 is 1.44 bits per heavy atom. The minimum atomic E-state index is -0.199. The van der Waals surface area contributed by atoms with Gasteiger partial charge >= 0.3 is 6.09 Å². The fourth-order valence-corrected chi connectivity index (χ4v) is 2.64. The van der Waals surface area contributed by atoms with Crippen LogP contribution in [0, 0.1) is 5.92 Å². The third kappa shape index (κ3) is 2.48. The monoisotopic (exact) mass is 226 g/mol. The minimum absolute atomic E-state index is 0.115. The molecular weight excluding hydrogens is 204 g/mol. The van der Waals surface area contributed by atoms with Gasteiger partial charge in [0.05, 0.1) is 6.54 Å². The van der Waals surface area contributed by atoms with Crippen LogP contribution in [0.4, 0.5) is 4.79 Å². The molecule has 1 unspecified atom stereocenters. The number of carbonyl (C=O) groups excluding carboxylic acids is 1. The molecule has 1 amide bonds. The highest BCUT2D eigenvalue weighted by atomic mass is 16.6. The highest BCUT2D eigenvalue weighted by molar-refractivity contribution is 5.70. The predicted molar refractivity (Wildman–Crippen MR) is 62.3 cm³/mol. The predicted octanol–water partition coefficient (Wildman–Crippen LogP) is 1.61. The van der Waals surface area contributed by atoms with Crippen LogP contribution in [0.5, 0.6) is 0 Å². The molecule has 1 atom stereocenters. The van der Waals surface area contributed by atoms with Crippen LogP contribution in [-0.2, 0) is 4.74 Å². The highest BCUT2D eigenvalue weighted by Gasteiger charge is 2.44. The maximum absolute atomic E-state index is 11.8. The maximum Gasteiger partial charge on any atom is 0.410 e. The molecule has 4 nitrogen and oxygen atoms in total. The van der Waals surface area contributed by atoms with Crippen molar-refractivity contribution in [2.45, 2.75) is 38.7 Å². The molecule has 16 heavy (non-hydrogen) atoms. The van der Waals surface area contributed by atoms with Crippen LogP contribution >= 0.6 is 0 Å². The first-order valence-corrected chi connectivity index (χ1v) is 6.30. The quantitative estimate of drug-likeness (QED) is 0.777. The van der Waals surface area contributed by atoms with E-state index in [2.05, 4.69) is 19.2 Å². The topological polar surface area (TPSA) is 41.6 Å². The molecule has 4 heteroatoms. The summed E-state index contributed by atoms with van der Waals surface area (Å²) in [4.78, 5) is 13.6. The Labute approximate surface area is 97.3 Å². The zero-order valence-corrected chi connectivity index (χ0v) is 10.3. The maximum atomic E-state index is 11.8. The summed E-state index contributed by atoms with van der Waals surface area (Å²) in [5.41, 5.74) is -0.199. The van der Waals surface area contributed by atoms with E-state index in [-0.39, 0.29) is 11.7 Å². The van der Waals surface area contributed by atoms with Crippen molar-refractivity contribution in [2.75, 3.05) is 26.2 Å². The fourth-order valence-electron chi connectivity index (χ4n) is 2.64. The molecule has 0 radical (unpaired) electrons. The summed E-state index contributed by atoms with van der Waals surface area (Å²) in [6, 6.07) is 0. The van der Waals surface area contributed by atoms with E-state index in [1.807, 2.05) is 4.90 Å². The second-order valence-electron chi connectivity index (χ2n) is 5.43. The van der Waals surface area contributed by atoms with Gasteiger partial charge in [-0.1, -0.05) is 13.8 Å². The smallest absolute Gasteiger partial charge is 0.410 e. The van der Waals surface area contributed by atoms with Crippen molar-refractivity contribution in [2.24, 2.45) is 5.92 Å². The average molecular weight is 226 g/mol. The summed E-state index contributed by atoms with van der Waals surface area (Å²) >= 11 is 0. The summed E-state index contributed by atoms with van der Waals surface area (Å²) in [5, 5.41) is 3.36. The highest BCUT2D eigenvalue weighted by Crippen LogP contribution is 2.32. The summed E-state index contributed by atoms with van der Waals surface area (Å²) in [7, 11) is 0. The molecule has 2 aliphatic heterocycles. The number of hydrogen-bond donors (Lipinski definition) is 1. The molecule has 0 aliphatic carbocycles. The van der Waals surface area contributed by atoms with Gasteiger partial charge in [0.25, 0.3) is 0 Å². The molecule has 0 aromatic heterocycles. The lowest BCUT2D eigenvalue weighted by Gasteiger charge is -2.24. The van der Waals surface area contributed by atoms with Gasteiger partial charge in [-0.25, -0.2) is 4.79 Å². The van der Waals surface area contributed by atoms with Crippen LogP contribution in [0.15, 0.2) is 0 Å². The largest absolute Gasteiger partial charge is 0.441 e. The molecule has 2 rings (SSSR count). The van der Waals surface area contributed by atoms with E-state index in [0.717, 1.165) is 45.4 Å². The average Bonchev–Trinajstić information content (AvgIpc) is 2.38. The van der Waals surface area contributed by atoms with Gasteiger partial charge in [0.1, 0.15) is 5.60 Å². The Morgan fingerprint density at radius 2 is 2.25 bits per heavy atom. The number of nitrogens with zero attached hydrogens (tertiary/aromatic N) is 1. The third-order valence-electron chi connectivity index (χ3n) is 3.37. The zero-order valence-electron chi connectivity index (χ0n) is 10.3. The second kappa shape index (κ2) is 4.62. The number of rotatable bonds is 2. The molecule has 2 heterocycles. The van der Waals surface area contributed by atoms with Gasteiger partial charge in [0.2, 0.25) is 0 Å². The van der Waals surface area contributed by atoms with Gasteiger partial charge < -0.3 is 15.0 Å². The molecule has 0 bridgehead atoms. The van der Waals surface area contributed by atoms with Gasteiger partial charge in [0.15, 0.2) is 0 Å². The van der Waals surface area contributed by atoms with E-state index in [4.69, 9.17) is 4.74 Å². The standard InChI is InChI=1S/C12H22N2O2/c1-10(2)8-14-9-12(16-11(14)15)4-3-6-13-7-5-12/h10,13H,3-9H2,1-2H3. The number of amides is 1. The number of carbonyl (C=O) groups is 1. The van der Waals surface area contributed by atoms with E-state index in [0.29, 0.717) is 5.92 Å². The van der Waals surface area contributed by atoms with Crippen molar-refractivity contribution < 1.29 is 9.53 Å². The molecule has 0 aromatic rings. The Hall–Kier alpha value is -0.770. The normalized spacial score (nSPS) is 30.9. The van der Waals surface area contributed by atoms with E-state index in [1.165, 1.54) is 0 Å². The molecule has 2 fully saturated rings. The summed E-state index contributed by atoms with van der Waals surface area (Å²) in [6.07, 6.45) is 2.94. The molecule has 2 aliphatic rings. The summed E-state index contributed by atoms with van der Waals surface area (Å²) in [5.74, 6) is 0.506. The van der Waals surface area contributed by atoms with Crippen LogP contribution < -0.4 is 5.32 Å². The van der Waals surface area contributed by atoms with Crippen molar-refractivity contribution >= 4 is 6.09 Å². The first-order valence-electron chi connectivity index (χ1n) is 6.30. The van der Waals surface area contributed by atoms with Gasteiger partial charge in [-0.05, 0) is 31.8 Å². The summed E-state index contributed by atoms with van der Waals surface area (Å²) in [6.45, 7) is 7.87. The van der Waals surface area contributed by atoms with E-state index in [1.54, 1.807) is 0 Å². The molecule has 0 saturated carbocycles. The van der Waals surface area contributed by atoms with Crippen molar-refractivity contribution in [1.29, 1.82) is 0 Å². The minimum Gasteiger partial charge on any atom is -0.441 e. The van der Waals surface area contributed by atoms with Crippen LogP contribution in [0.1, 0.15) is 33.1 Å². The lowest BCUT2D eigenvalue weighted by Crippen LogP contribution is -2.36. The van der Waals surface area contributed by atoms with Crippen LogP contribution in [0.25, 0.3) is 0 Å². The summed E-state index contributed by atoms with van der Waals surface area (Å²) < 4.78 is 5.63. The Bertz CT molecular complexity index is 258. The van der Waals surface area contributed by atoms with Crippen LogP contribution in [0.2, 0.25) is 0 Å². The third-order valence-corrected chi connectivity index (χ3v) is 3.37. The van der Waals surface area contributed by atoms with Crippen molar-refractivity contribution in [3.8, 4) is 0 Å². The molecular formula is C12H22N2O2. The van der Waals surface area contributed by atoms with Gasteiger partial charge in [0, 0.05) is 13.0 Å². The zero-order chi connectivity index (χ0) is 11.6. The van der Waals surface area contributed by atoms with Crippen LogP contribution in [-0.4, -0.2) is 42.8 Å². The van der Waals surface area contributed by atoms with E-state index in [9.17, 15) is 4.79 Å². The molecule has 2 saturated heterocycles. The van der Waals surface area contributed by atoms with Crippen molar-refractivity contribution in [1.82, 2.24) is 10.2 Å². The molecule has 0 aromatic carbocycles. The van der Waals surface area contributed by atoms with Crippen molar-refractivity contribution in [3.63, 3.8) is 0 Å². The molecule has 1 spiro atoms. The Balaban J connectivity index is 2.00.